The maximum atomic E-state index is 12.7. The molecule has 2 aromatic carbocycles. The maximum absolute atomic E-state index is 12.7. The largest absolute Gasteiger partial charge is 0.477 e. The van der Waals surface area contributed by atoms with E-state index in [9.17, 15) is 14.7 Å². The number of carboxylic acids is 1. The van der Waals surface area contributed by atoms with Crippen molar-refractivity contribution in [3.05, 3.63) is 108 Å². The lowest BCUT2D eigenvalue weighted by Crippen LogP contribution is -2.37. The number of pyridine rings is 2. The second-order valence-corrected chi connectivity index (χ2v) is 9.99. The van der Waals surface area contributed by atoms with Crippen LogP contribution in [0.15, 0.2) is 97.2 Å². The molecule has 1 amide bonds. The molecule has 1 saturated heterocycles. The van der Waals surface area contributed by atoms with Crippen LogP contribution in [-0.2, 0) is 4.79 Å². The molecular formula is C32H28N6O6. The Morgan fingerprint density at radius 3 is 2.36 bits per heavy atom. The summed E-state index contributed by atoms with van der Waals surface area (Å²) in [7, 11) is 0. The van der Waals surface area contributed by atoms with Gasteiger partial charge in [-0.25, -0.2) is 14.8 Å². The Bertz CT molecular complexity index is 1780. The van der Waals surface area contributed by atoms with Crippen LogP contribution >= 0.6 is 0 Å². The van der Waals surface area contributed by atoms with E-state index in [2.05, 4.69) is 20.3 Å². The molecule has 6 rings (SSSR count). The van der Waals surface area contributed by atoms with Gasteiger partial charge in [0.05, 0.1) is 0 Å². The van der Waals surface area contributed by atoms with Crippen molar-refractivity contribution < 1.29 is 29.0 Å². The average Bonchev–Trinajstić information content (AvgIpc) is 3.47. The molecule has 0 spiro atoms. The Morgan fingerprint density at radius 1 is 0.886 bits per heavy atom. The van der Waals surface area contributed by atoms with E-state index in [0.717, 1.165) is 5.69 Å². The van der Waals surface area contributed by atoms with E-state index >= 15 is 0 Å². The number of ether oxygens (including phenoxy) is 2. The van der Waals surface area contributed by atoms with Crippen molar-refractivity contribution in [2.24, 2.45) is 0 Å². The third kappa shape index (κ3) is 6.65. The molecule has 0 radical (unpaired) electrons. The molecule has 44 heavy (non-hydrogen) atoms. The van der Waals surface area contributed by atoms with Crippen molar-refractivity contribution in [1.82, 2.24) is 30.0 Å². The molecular weight excluding hydrogens is 564 g/mol. The quantitative estimate of drug-likeness (QED) is 0.223. The zero-order chi connectivity index (χ0) is 30.3. The van der Waals surface area contributed by atoms with Crippen LogP contribution in [0, 0.1) is 0 Å². The Balaban J connectivity index is 1.04. The first-order valence-corrected chi connectivity index (χ1v) is 14.0. The Kier molecular flexibility index (Phi) is 8.39. The van der Waals surface area contributed by atoms with E-state index in [4.69, 9.17) is 14.3 Å². The van der Waals surface area contributed by atoms with Crippen molar-refractivity contribution in [2.45, 2.75) is 18.8 Å². The highest BCUT2D eigenvalue weighted by atomic mass is 16.7. The lowest BCUT2D eigenvalue weighted by atomic mass is 9.92. The number of fused-ring (bicyclic) bond motifs is 1. The lowest BCUT2D eigenvalue weighted by molar-refractivity contribution is -0.127. The van der Waals surface area contributed by atoms with Gasteiger partial charge >= 0.3 is 5.97 Å². The number of hydrogen-bond donors (Lipinski definition) is 1. The summed E-state index contributed by atoms with van der Waals surface area (Å²) in [5.41, 5.74) is 1.80. The van der Waals surface area contributed by atoms with Crippen molar-refractivity contribution in [2.75, 3.05) is 19.7 Å². The summed E-state index contributed by atoms with van der Waals surface area (Å²) in [6, 6.07) is 23.1. The average molecular weight is 593 g/mol. The van der Waals surface area contributed by atoms with Crippen molar-refractivity contribution in [3.8, 4) is 23.1 Å². The zero-order valence-electron chi connectivity index (χ0n) is 23.5. The van der Waals surface area contributed by atoms with Crippen LogP contribution in [0.3, 0.4) is 0 Å². The first-order chi connectivity index (χ1) is 21.5. The molecule has 4 heterocycles. The fraction of sp³-hybridized carbons (Fsp3) is 0.188. The van der Waals surface area contributed by atoms with Gasteiger partial charge in [0.2, 0.25) is 17.4 Å². The first-order valence-electron chi connectivity index (χ1n) is 14.0. The standard InChI is InChI=1S/C32H28N6O6/c39-29(9-5-21-42-38-30-28(35-36-38)8-4-18-33-30)37-19-16-22(17-20-37)27-15-14-26(32(40)41)31(34-27)44-25-12-10-24(11-13-25)43-23-6-2-1-3-7-23/h1-15,18,22H,16-17,19-21H2,(H,40,41)/b9-5+. The highest BCUT2D eigenvalue weighted by Crippen LogP contribution is 2.32. The van der Waals surface area contributed by atoms with E-state index in [1.807, 2.05) is 30.3 Å². The topological polar surface area (TPSA) is 142 Å². The van der Waals surface area contributed by atoms with Gasteiger partial charge < -0.3 is 24.3 Å². The second-order valence-electron chi connectivity index (χ2n) is 9.99. The molecule has 0 aliphatic carbocycles. The van der Waals surface area contributed by atoms with Gasteiger partial charge in [0.15, 0.2) is 0 Å². The number of aromatic nitrogens is 5. The van der Waals surface area contributed by atoms with Crippen molar-refractivity contribution in [3.63, 3.8) is 0 Å². The summed E-state index contributed by atoms with van der Waals surface area (Å²) >= 11 is 0. The minimum absolute atomic E-state index is 0.0172. The van der Waals surface area contributed by atoms with Crippen LogP contribution in [0.5, 0.6) is 23.1 Å². The molecule has 3 aromatic heterocycles. The summed E-state index contributed by atoms with van der Waals surface area (Å²) in [6.07, 6.45) is 6.09. The van der Waals surface area contributed by atoms with Crippen molar-refractivity contribution >= 4 is 23.0 Å². The third-order valence-corrected chi connectivity index (χ3v) is 7.09. The monoisotopic (exact) mass is 592 g/mol. The van der Waals surface area contributed by atoms with Gasteiger partial charge in [0.1, 0.15) is 34.9 Å². The Morgan fingerprint density at radius 2 is 1.61 bits per heavy atom. The second kappa shape index (κ2) is 13.0. The van der Waals surface area contributed by atoms with Gasteiger partial charge in [-0.1, -0.05) is 23.0 Å². The fourth-order valence-corrected chi connectivity index (χ4v) is 4.83. The number of carboxylic acid groups (broad SMARTS) is 1. The van der Waals surface area contributed by atoms with E-state index in [1.54, 1.807) is 59.6 Å². The predicted molar refractivity (Wildman–Crippen MR) is 159 cm³/mol. The summed E-state index contributed by atoms with van der Waals surface area (Å²) in [4.78, 5) is 41.9. The molecule has 12 nitrogen and oxygen atoms in total. The van der Waals surface area contributed by atoms with Crippen LogP contribution < -0.4 is 14.3 Å². The summed E-state index contributed by atoms with van der Waals surface area (Å²) < 4.78 is 11.7. The van der Waals surface area contributed by atoms with Crippen LogP contribution in [0.4, 0.5) is 0 Å². The molecule has 222 valence electrons. The van der Waals surface area contributed by atoms with E-state index < -0.39 is 5.97 Å². The molecule has 1 aliphatic heterocycles. The highest BCUT2D eigenvalue weighted by Gasteiger charge is 2.25. The highest BCUT2D eigenvalue weighted by molar-refractivity contribution is 5.90. The molecule has 5 aromatic rings. The van der Waals surface area contributed by atoms with Gasteiger partial charge in [-0.2, -0.15) is 0 Å². The first kappa shape index (κ1) is 28.3. The minimum Gasteiger partial charge on any atom is -0.477 e. The summed E-state index contributed by atoms with van der Waals surface area (Å²) in [6.45, 7) is 1.20. The number of hydrogen-bond acceptors (Lipinski definition) is 9. The number of aromatic carboxylic acids is 1. The number of carbonyl (C=O) groups excluding carboxylic acids is 1. The van der Waals surface area contributed by atoms with Gasteiger partial charge in [0, 0.05) is 37.0 Å². The molecule has 1 fully saturated rings. The summed E-state index contributed by atoms with van der Waals surface area (Å²) in [5, 5.41) is 17.6. The normalized spacial score (nSPS) is 13.7. The van der Waals surface area contributed by atoms with Crippen LogP contribution in [0.1, 0.15) is 34.8 Å². The summed E-state index contributed by atoms with van der Waals surface area (Å²) in [5.74, 6) is 0.570. The van der Waals surface area contributed by atoms with Gasteiger partial charge in [0.25, 0.3) is 0 Å². The van der Waals surface area contributed by atoms with Gasteiger partial charge in [-0.05, 0) is 84.8 Å². The molecule has 0 saturated carbocycles. The molecule has 0 atom stereocenters. The van der Waals surface area contributed by atoms with Crippen LogP contribution in [0.25, 0.3) is 11.2 Å². The lowest BCUT2D eigenvalue weighted by Gasteiger charge is -2.31. The number of amides is 1. The molecule has 0 unspecified atom stereocenters. The predicted octanol–water partition coefficient (Wildman–Crippen LogP) is 4.90. The number of para-hydroxylation sites is 1. The SMILES string of the molecule is O=C(O)c1ccc(C2CCN(C(=O)/C=C/COn3nnc4cccnc43)CC2)nc1Oc1ccc(Oc2ccccc2)cc1. The molecule has 0 bridgehead atoms. The third-order valence-electron chi connectivity index (χ3n) is 7.09. The van der Waals surface area contributed by atoms with E-state index in [1.165, 1.54) is 17.0 Å². The van der Waals surface area contributed by atoms with Gasteiger partial charge in [-0.15, -0.1) is 5.10 Å². The number of likely N-dealkylation sites (tertiary alicyclic amines) is 1. The fourth-order valence-electron chi connectivity index (χ4n) is 4.83. The van der Waals surface area contributed by atoms with Crippen molar-refractivity contribution in [1.29, 1.82) is 0 Å². The number of benzene rings is 2. The smallest absolute Gasteiger partial charge is 0.341 e. The Labute approximate surface area is 252 Å². The molecule has 1 aliphatic rings. The van der Waals surface area contributed by atoms with E-state index in [-0.39, 0.29) is 29.9 Å². The number of piperidine rings is 1. The number of nitrogens with zero attached hydrogens (tertiary/aromatic N) is 6. The number of carbonyl (C=O) groups is 2. The minimum atomic E-state index is -1.13. The Hall–Kier alpha value is -5.78. The van der Waals surface area contributed by atoms with Crippen LogP contribution in [-0.4, -0.2) is 66.7 Å². The molecule has 12 heteroatoms. The number of rotatable bonds is 10. The van der Waals surface area contributed by atoms with Crippen LogP contribution in [0.2, 0.25) is 0 Å². The maximum Gasteiger partial charge on any atom is 0.341 e. The zero-order valence-corrected chi connectivity index (χ0v) is 23.5. The van der Waals surface area contributed by atoms with Gasteiger partial charge in [-0.3, -0.25) is 4.79 Å². The molecule has 1 N–H and O–H groups in total. The van der Waals surface area contributed by atoms with E-state index in [0.29, 0.717) is 54.3 Å².